The SMILES string of the molecule is COc1ccc(CNC(=O)COCc2cc(-c3ccc4c(c3)OCO4)on2)cc1. The number of methoxy groups -OCH3 is 1. The molecular weight excluding hydrogens is 376 g/mol. The third kappa shape index (κ3) is 4.67. The first kappa shape index (κ1) is 18.8. The van der Waals surface area contributed by atoms with E-state index in [4.69, 9.17) is 23.5 Å². The predicted octanol–water partition coefficient (Wildman–Crippen LogP) is 2.91. The number of nitrogens with zero attached hydrogens (tertiary/aromatic N) is 1. The number of nitrogens with one attached hydrogen (secondary N) is 1. The average molecular weight is 396 g/mol. The van der Waals surface area contributed by atoms with Crippen molar-refractivity contribution in [3.05, 3.63) is 59.8 Å². The summed E-state index contributed by atoms with van der Waals surface area (Å²) in [6.45, 7) is 0.742. The Hall–Kier alpha value is -3.52. The topological polar surface area (TPSA) is 92.1 Å². The smallest absolute Gasteiger partial charge is 0.246 e. The van der Waals surface area contributed by atoms with Crippen LogP contribution in [-0.4, -0.2) is 31.6 Å². The summed E-state index contributed by atoms with van der Waals surface area (Å²) in [5.41, 5.74) is 2.40. The molecular formula is C21H20N2O6. The Labute approximate surface area is 167 Å². The van der Waals surface area contributed by atoms with E-state index in [2.05, 4.69) is 10.5 Å². The van der Waals surface area contributed by atoms with Gasteiger partial charge in [0.2, 0.25) is 12.7 Å². The summed E-state index contributed by atoms with van der Waals surface area (Å²) in [4.78, 5) is 11.9. The van der Waals surface area contributed by atoms with Crippen molar-refractivity contribution < 1.29 is 28.3 Å². The highest BCUT2D eigenvalue weighted by atomic mass is 16.7. The molecule has 3 aromatic rings. The molecule has 0 saturated carbocycles. The number of ether oxygens (including phenoxy) is 4. The molecule has 8 nitrogen and oxygen atoms in total. The lowest BCUT2D eigenvalue weighted by atomic mass is 10.1. The summed E-state index contributed by atoms with van der Waals surface area (Å²) < 4.78 is 26.6. The zero-order chi connectivity index (χ0) is 20.1. The maximum Gasteiger partial charge on any atom is 0.246 e. The van der Waals surface area contributed by atoms with Gasteiger partial charge in [0, 0.05) is 18.2 Å². The van der Waals surface area contributed by atoms with E-state index in [1.54, 1.807) is 13.2 Å². The van der Waals surface area contributed by atoms with Crippen LogP contribution in [0.4, 0.5) is 0 Å². The number of fused-ring (bicyclic) bond motifs is 1. The van der Waals surface area contributed by atoms with Crippen LogP contribution in [0.25, 0.3) is 11.3 Å². The number of hydrogen-bond acceptors (Lipinski definition) is 7. The van der Waals surface area contributed by atoms with Gasteiger partial charge in [-0.2, -0.15) is 0 Å². The van der Waals surface area contributed by atoms with Crippen LogP contribution in [0.1, 0.15) is 11.3 Å². The van der Waals surface area contributed by atoms with Gasteiger partial charge < -0.3 is 28.8 Å². The summed E-state index contributed by atoms with van der Waals surface area (Å²) in [5.74, 6) is 2.53. The molecule has 2 heterocycles. The van der Waals surface area contributed by atoms with E-state index >= 15 is 0 Å². The molecule has 8 heteroatoms. The molecule has 0 saturated heterocycles. The molecule has 4 rings (SSSR count). The Morgan fingerprint density at radius 2 is 1.93 bits per heavy atom. The van der Waals surface area contributed by atoms with Gasteiger partial charge in [-0.25, -0.2) is 0 Å². The minimum absolute atomic E-state index is 0.0671. The van der Waals surface area contributed by atoms with Crippen molar-refractivity contribution in [2.24, 2.45) is 0 Å². The highest BCUT2D eigenvalue weighted by molar-refractivity contribution is 5.77. The molecule has 1 amide bonds. The Balaban J connectivity index is 1.23. The molecule has 0 aliphatic carbocycles. The monoisotopic (exact) mass is 396 g/mol. The van der Waals surface area contributed by atoms with Gasteiger partial charge in [-0.1, -0.05) is 17.3 Å². The van der Waals surface area contributed by atoms with Gasteiger partial charge in [0.25, 0.3) is 0 Å². The van der Waals surface area contributed by atoms with E-state index in [1.807, 2.05) is 42.5 Å². The van der Waals surface area contributed by atoms with E-state index < -0.39 is 0 Å². The standard InChI is InChI=1S/C21H20N2O6/c1-25-17-5-2-14(3-6-17)10-22-21(24)12-26-11-16-9-19(29-23-16)15-4-7-18-20(8-15)28-13-27-18/h2-9H,10-13H2,1H3,(H,22,24). The summed E-state index contributed by atoms with van der Waals surface area (Å²) in [6.07, 6.45) is 0. The van der Waals surface area contributed by atoms with Gasteiger partial charge >= 0.3 is 0 Å². The van der Waals surface area contributed by atoms with Crippen molar-refractivity contribution >= 4 is 5.91 Å². The first-order valence-electron chi connectivity index (χ1n) is 9.04. The van der Waals surface area contributed by atoms with Crippen molar-refractivity contribution in [2.75, 3.05) is 20.5 Å². The minimum atomic E-state index is -0.208. The lowest BCUT2D eigenvalue weighted by Gasteiger charge is -2.06. The molecule has 29 heavy (non-hydrogen) atoms. The van der Waals surface area contributed by atoms with Crippen LogP contribution >= 0.6 is 0 Å². The molecule has 1 N–H and O–H groups in total. The summed E-state index contributed by atoms with van der Waals surface area (Å²) in [6, 6.07) is 14.8. The van der Waals surface area contributed by atoms with Gasteiger partial charge in [0.15, 0.2) is 17.3 Å². The van der Waals surface area contributed by atoms with Gasteiger partial charge in [-0.3, -0.25) is 4.79 Å². The van der Waals surface area contributed by atoms with E-state index in [0.29, 0.717) is 29.5 Å². The molecule has 2 aromatic carbocycles. The van der Waals surface area contributed by atoms with Crippen molar-refractivity contribution in [2.45, 2.75) is 13.2 Å². The molecule has 0 spiro atoms. The number of hydrogen-bond donors (Lipinski definition) is 1. The van der Waals surface area contributed by atoms with Crippen molar-refractivity contribution in [1.82, 2.24) is 10.5 Å². The normalized spacial score (nSPS) is 12.0. The maximum atomic E-state index is 11.9. The first-order valence-corrected chi connectivity index (χ1v) is 9.04. The van der Waals surface area contributed by atoms with E-state index in [-0.39, 0.29) is 25.9 Å². The number of carbonyl (C=O) groups is 1. The second-order valence-electron chi connectivity index (χ2n) is 6.37. The molecule has 0 fully saturated rings. The van der Waals surface area contributed by atoms with Gasteiger partial charge in [0.05, 0.1) is 13.7 Å². The highest BCUT2D eigenvalue weighted by Gasteiger charge is 2.16. The molecule has 1 aliphatic rings. The number of carbonyl (C=O) groups excluding carboxylic acids is 1. The van der Waals surface area contributed by atoms with Gasteiger partial charge in [-0.15, -0.1) is 0 Å². The fraction of sp³-hybridized carbons (Fsp3) is 0.238. The van der Waals surface area contributed by atoms with Crippen LogP contribution in [0.5, 0.6) is 17.2 Å². The van der Waals surface area contributed by atoms with Crippen LogP contribution in [0, 0.1) is 0 Å². The molecule has 0 radical (unpaired) electrons. The average Bonchev–Trinajstić information content (AvgIpc) is 3.41. The fourth-order valence-electron chi connectivity index (χ4n) is 2.81. The lowest BCUT2D eigenvalue weighted by Crippen LogP contribution is -2.27. The molecule has 0 atom stereocenters. The Bertz CT molecular complexity index is 983. The Kier molecular flexibility index (Phi) is 5.62. The first-order chi connectivity index (χ1) is 14.2. The summed E-state index contributed by atoms with van der Waals surface area (Å²) in [7, 11) is 1.61. The minimum Gasteiger partial charge on any atom is -0.497 e. The van der Waals surface area contributed by atoms with E-state index in [0.717, 1.165) is 16.9 Å². The molecule has 0 unspecified atom stereocenters. The molecule has 150 valence electrons. The number of aromatic nitrogens is 1. The van der Waals surface area contributed by atoms with E-state index in [1.165, 1.54) is 0 Å². The summed E-state index contributed by atoms with van der Waals surface area (Å²) >= 11 is 0. The molecule has 1 aromatic heterocycles. The van der Waals surface area contributed by atoms with Gasteiger partial charge in [0.1, 0.15) is 18.1 Å². The van der Waals surface area contributed by atoms with E-state index in [9.17, 15) is 4.79 Å². The van der Waals surface area contributed by atoms with Crippen molar-refractivity contribution in [3.63, 3.8) is 0 Å². The van der Waals surface area contributed by atoms with Gasteiger partial charge in [-0.05, 0) is 35.9 Å². The Morgan fingerprint density at radius 1 is 1.10 bits per heavy atom. The number of benzene rings is 2. The zero-order valence-electron chi connectivity index (χ0n) is 15.8. The second kappa shape index (κ2) is 8.66. The number of rotatable bonds is 8. The second-order valence-corrected chi connectivity index (χ2v) is 6.37. The van der Waals surface area contributed by atoms with Crippen LogP contribution in [-0.2, 0) is 22.7 Å². The lowest BCUT2D eigenvalue weighted by molar-refractivity contribution is -0.126. The maximum absolute atomic E-state index is 11.9. The Morgan fingerprint density at radius 3 is 2.76 bits per heavy atom. The van der Waals surface area contributed by atoms with Crippen LogP contribution < -0.4 is 19.5 Å². The molecule has 1 aliphatic heterocycles. The zero-order valence-corrected chi connectivity index (χ0v) is 15.8. The van der Waals surface area contributed by atoms with Crippen LogP contribution in [0.15, 0.2) is 53.1 Å². The van der Waals surface area contributed by atoms with Crippen LogP contribution in [0.2, 0.25) is 0 Å². The predicted molar refractivity (Wildman–Crippen MR) is 103 cm³/mol. The van der Waals surface area contributed by atoms with Crippen LogP contribution in [0.3, 0.4) is 0 Å². The van der Waals surface area contributed by atoms with Crippen molar-refractivity contribution in [3.8, 4) is 28.6 Å². The largest absolute Gasteiger partial charge is 0.497 e. The van der Waals surface area contributed by atoms with Crippen molar-refractivity contribution in [1.29, 1.82) is 0 Å². The fourth-order valence-corrected chi connectivity index (χ4v) is 2.81. The molecule has 0 bridgehead atoms. The third-order valence-corrected chi connectivity index (χ3v) is 4.35. The quantitative estimate of drug-likeness (QED) is 0.626. The third-order valence-electron chi connectivity index (χ3n) is 4.35. The summed E-state index contributed by atoms with van der Waals surface area (Å²) in [5, 5.41) is 6.78. The highest BCUT2D eigenvalue weighted by Crippen LogP contribution is 2.36. The number of amides is 1.